The molecule has 2 aromatic heterocycles. The van der Waals surface area contributed by atoms with Gasteiger partial charge in [0.05, 0.1) is 29.7 Å². The van der Waals surface area contributed by atoms with Gasteiger partial charge in [-0.3, -0.25) is 14.1 Å². The number of aromatic amines is 1. The second-order valence-electron chi connectivity index (χ2n) is 10.5. The van der Waals surface area contributed by atoms with E-state index in [9.17, 15) is 23.7 Å². The van der Waals surface area contributed by atoms with E-state index in [0.29, 0.717) is 5.82 Å². The molecule has 3 aromatic rings. The molecule has 7 atom stereocenters. The third kappa shape index (κ3) is 6.52. The van der Waals surface area contributed by atoms with Crippen LogP contribution in [0.25, 0.3) is 11.0 Å². The number of rotatable bonds is 11. The number of hydrogen-bond donors (Lipinski definition) is 2. The molecular formula is C27H34ClFN3O8P. The minimum Gasteiger partial charge on any atom is -0.463 e. The van der Waals surface area contributed by atoms with Crippen LogP contribution in [0.3, 0.4) is 0 Å². The Morgan fingerprint density at radius 3 is 2.59 bits per heavy atom. The summed E-state index contributed by atoms with van der Waals surface area (Å²) in [7, 11) is -4.11. The molecule has 3 heterocycles. The van der Waals surface area contributed by atoms with Crippen LogP contribution in [0.2, 0.25) is 0 Å². The first-order chi connectivity index (χ1) is 19.3. The van der Waals surface area contributed by atoms with Gasteiger partial charge in [-0.2, -0.15) is 0 Å². The van der Waals surface area contributed by atoms with E-state index in [2.05, 4.69) is 9.97 Å². The smallest absolute Gasteiger partial charge is 0.380 e. The van der Waals surface area contributed by atoms with Crippen LogP contribution in [0.4, 0.5) is 4.39 Å². The Morgan fingerprint density at radius 2 is 1.95 bits per heavy atom. The second-order valence-corrected chi connectivity index (χ2v) is 13.1. The first-order valence-corrected chi connectivity index (χ1v) is 15.3. The predicted molar refractivity (Wildman–Crippen MR) is 150 cm³/mol. The van der Waals surface area contributed by atoms with Crippen LogP contribution in [-0.2, 0) is 23.4 Å². The summed E-state index contributed by atoms with van der Waals surface area (Å²) in [6.07, 6.45) is -4.62. The van der Waals surface area contributed by atoms with Crippen molar-refractivity contribution in [3.63, 3.8) is 0 Å². The number of aromatic nitrogens is 3. The van der Waals surface area contributed by atoms with Crippen molar-refractivity contribution in [2.45, 2.75) is 70.1 Å². The number of carbonyl (C=O) groups is 1. The molecule has 2 N–H and O–H groups in total. The molecule has 0 amide bonds. The van der Waals surface area contributed by atoms with Gasteiger partial charge in [0.25, 0.3) is 5.56 Å². The van der Waals surface area contributed by atoms with Crippen LogP contribution >= 0.6 is 19.2 Å². The summed E-state index contributed by atoms with van der Waals surface area (Å²) < 4.78 is 53.0. The zero-order valence-electron chi connectivity index (χ0n) is 23.3. The van der Waals surface area contributed by atoms with E-state index in [1.165, 1.54) is 30.7 Å². The predicted octanol–water partition coefficient (Wildman–Crippen LogP) is 4.50. The SMILES string of the molecule is Cc1nc2c(ccn2[C@@H]2O[C@H]([C@@H](C)O[P@](=O)(C[C@@H](C)C(=O)OC(C)C)Oc3ccccc3)[C@H](O)C2(Cl)CF)c(=O)[nH]1. The Hall–Kier alpha value is -2.76. The molecule has 11 nitrogen and oxygen atoms in total. The van der Waals surface area contributed by atoms with Crippen molar-refractivity contribution in [1.29, 1.82) is 0 Å². The van der Waals surface area contributed by atoms with Crippen molar-refractivity contribution < 1.29 is 37.4 Å². The van der Waals surface area contributed by atoms with Crippen molar-refractivity contribution in [1.82, 2.24) is 14.5 Å². The molecule has 1 fully saturated rings. The zero-order chi connectivity index (χ0) is 30.1. The maximum atomic E-state index is 14.5. The lowest BCUT2D eigenvalue weighted by Crippen LogP contribution is -2.46. The van der Waals surface area contributed by atoms with Crippen molar-refractivity contribution in [2.75, 3.05) is 12.8 Å². The lowest BCUT2D eigenvalue weighted by atomic mass is 9.97. The molecule has 41 heavy (non-hydrogen) atoms. The normalized spacial score (nSPS) is 25.6. The monoisotopic (exact) mass is 613 g/mol. The van der Waals surface area contributed by atoms with E-state index in [-0.39, 0.29) is 29.0 Å². The number of hydrogen-bond acceptors (Lipinski definition) is 9. The van der Waals surface area contributed by atoms with Gasteiger partial charge >= 0.3 is 13.6 Å². The minimum absolute atomic E-state index is 0.187. The number of ether oxygens (including phenoxy) is 2. The van der Waals surface area contributed by atoms with Crippen LogP contribution < -0.4 is 10.1 Å². The first-order valence-electron chi connectivity index (χ1n) is 13.2. The highest BCUT2D eigenvalue weighted by atomic mass is 35.5. The van der Waals surface area contributed by atoms with E-state index >= 15 is 0 Å². The third-order valence-corrected chi connectivity index (χ3v) is 9.33. The Balaban J connectivity index is 1.63. The molecule has 0 aliphatic carbocycles. The van der Waals surface area contributed by atoms with E-state index in [4.69, 9.17) is 30.1 Å². The van der Waals surface area contributed by atoms with Gasteiger partial charge in [-0.05, 0) is 45.9 Å². The summed E-state index contributed by atoms with van der Waals surface area (Å²) in [6, 6.07) is 9.75. The molecule has 14 heteroatoms. The Kier molecular flexibility index (Phi) is 9.30. The molecule has 224 valence electrons. The van der Waals surface area contributed by atoms with E-state index < -0.39 is 61.1 Å². The summed E-state index contributed by atoms with van der Waals surface area (Å²) in [5.41, 5.74) is -0.214. The van der Waals surface area contributed by atoms with Crippen LogP contribution in [0.1, 0.15) is 39.7 Å². The number of alkyl halides is 2. The number of carbonyl (C=O) groups excluding carboxylic acids is 1. The van der Waals surface area contributed by atoms with Gasteiger partial charge in [0.1, 0.15) is 41.0 Å². The molecule has 0 radical (unpaired) electrons. The summed E-state index contributed by atoms with van der Waals surface area (Å²) >= 11 is 6.66. The van der Waals surface area contributed by atoms with Gasteiger partial charge in [0.15, 0.2) is 6.23 Å². The number of aliphatic hydroxyl groups is 1. The van der Waals surface area contributed by atoms with Gasteiger partial charge in [0, 0.05) is 6.20 Å². The largest absolute Gasteiger partial charge is 0.463 e. The minimum atomic E-state index is -4.11. The van der Waals surface area contributed by atoms with Crippen molar-refractivity contribution in [2.24, 2.45) is 5.92 Å². The number of benzene rings is 1. The molecule has 0 spiro atoms. The molecule has 1 unspecified atom stereocenters. The summed E-state index contributed by atoms with van der Waals surface area (Å²) in [5, 5.41) is 11.4. The topological polar surface area (TPSA) is 142 Å². The number of nitrogens with one attached hydrogen (secondary N) is 1. The van der Waals surface area contributed by atoms with Crippen molar-refractivity contribution in [3.8, 4) is 5.75 Å². The van der Waals surface area contributed by atoms with Gasteiger partial charge < -0.3 is 28.7 Å². The Labute approximate surface area is 241 Å². The quantitative estimate of drug-likeness (QED) is 0.181. The Morgan fingerprint density at radius 1 is 1.27 bits per heavy atom. The van der Waals surface area contributed by atoms with Crippen LogP contribution in [-0.4, -0.2) is 67.7 Å². The third-order valence-electron chi connectivity index (χ3n) is 6.69. The number of aliphatic hydroxyl groups excluding tert-OH is 1. The summed E-state index contributed by atoms with van der Waals surface area (Å²) in [5.74, 6) is -0.893. The molecule has 1 aliphatic heterocycles. The second kappa shape index (κ2) is 12.2. The average molecular weight is 614 g/mol. The maximum Gasteiger partial charge on any atom is 0.380 e. The van der Waals surface area contributed by atoms with Crippen molar-refractivity contribution in [3.05, 3.63) is 58.8 Å². The maximum absolute atomic E-state index is 14.5. The van der Waals surface area contributed by atoms with Gasteiger partial charge in [-0.15, -0.1) is 11.6 Å². The molecule has 1 aliphatic rings. The number of H-pyrrole nitrogens is 1. The average Bonchev–Trinajstić information content (AvgIpc) is 3.42. The van der Waals surface area contributed by atoms with Gasteiger partial charge in [0.2, 0.25) is 0 Å². The summed E-state index contributed by atoms with van der Waals surface area (Å²) in [4.78, 5) is 29.8. The number of esters is 1. The zero-order valence-corrected chi connectivity index (χ0v) is 25.0. The fourth-order valence-electron chi connectivity index (χ4n) is 4.72. The molecule has 1 saturated heterocycles. The van der Waals surface area contributed by atoms with Crippen LogP contribution in [0, 0.1) is 12.8 Å². The van der Waals surface area contributed by atoms with Crippen LogP contribution in [0.5, 0.6) is 5.75 Å². The highest BCUT2D eigenvalue weighted by molar-refractivity contribution is 7.54. The summed E-state index contributed by atoms with van der Waals surface area (Å²) in [6.45, 7) is 6.79. The number of aryl methyl sites for hydroxylation is 1. The fraction of sp³-hybridized carbons (Fsp3) is 0.519. The molecule has 1 aromatic carbocycles. The standard InChI is InChI=1S/C27H34ClFN3O8P/c1-15(2)37-25(35)16(3)13-41(36,40-19-9-7-6-8-10-19)39-17(4)21-22(33)27(28,14-29)26(38-21)32-12-11-20-23(32)30-18(5)31-24(20)34/h6-12,15-17,21-22,26,33H,13-14H2,1-5H3,(H,30,31,34)/t16-,17-,21-,22+,26-,27?,41-/m1/s1. The number of fused-ring (bicyclic) bond motifs is 1. The molecule has 4 rings (SSSR count). The van der Waals surface area contributed by atoms with Gasteiger partial charge in [-0.1, -0.05) is 25.1 Å². The Bertz CT molecular complexity index is 1480. The number of para-hydroxylation sites is 1. The molecule has 0 bridgehead atoms. The van der Waals surface area contributed by atoms with E-state index in [0.717, 1.165) is 0 Å². The fourth-order valence-corrected chi connectivity index (χ4v) is 7.10. The molecule has 0 saturated carbocycles. The lowest BCUT2D eigenvalue weighted by molar-refractivity contribution is -0.151. The highest BCUT2D eigenvalue weighted by Crippen LogP contribution is 2.54. The molecular weight excluding hydrogens is 580 g/mol. The van der Waals surface area contributed by atoms with Crippen molar-refractivity contribution >= 4 is 36.2 Å². The van der Waals surface area contributed by atoms with E-state index in [1.54, 1.807) is 51.1 Å². The lowest BCUT2D eigenvalue weighted by Gasteiger charge is -2.29. The first kappa shape index (κ1) is 31.2. The van der Waals surface area contributed by atoms with E-state index in [1.807, 2.05) is 0 Å². The highest BCUT2D eigenvalue weighted by Gasteiger charge is 2.59. The number of halogens is 2. The van der Waals surface area contributed by atoms with Crippen LogP contribution in [0.15, 0.2) is 47.4 Å². The van der Waals surface area contributed by atoms with Gasteiger partial charge in [-0.25, -0.2) is 13.9 Å². The number of nitrogens with zero attached hydrogens (tertiary/aromatic N) is 2.